The predicted octanol–water partition coefficient (Wildman–Crippen LogP) is 2.73. The highest BCUT2D eigenvalue weighted by Gasteiger charge is 2.36. The first-order valence-electron chi connectivity index (χ1n) is 6.64. The molecule has 0 radical (unpaired) electrons. The van der Waals surface area contributed by atoms with Gasteiger partial charge < -0.3 is 15.4 Å². The van der Waals surface area contributed by atoms with Crippen molar-refractivity contribution in [2.24, 2.45) is 5.41 Å². The van der Waals surface area contributed by atoms with Gasteiger partial charge in [0.2, 0.25) is 0 Å². The minimum atomic E-state index is -0.776. The first kappa shape index (κ1) is 14.4. The summed E-state index contributed by atoms with van der Waals surface area (Å²) >= 11 is 5.75. The van der Waals surface area contributed by atoms with Crippen LogP contribution in [0.1, 0.15) is 50.0 Å². The van der Waals surface area contributed by atoms with Crippen molar-refractivity contribution in [1.29, 1.82) is 0 Å². The van der Waals surface area contributed by atoms with Gasteiger partial charge in [0.15, 0.2) is 0 Å². The second-order valence-electron chi connectivity index (χ2n) is 6.30. The first-order chi connectivity index (χ1) is 8.80. The Labute approximate surface area is 118 Å². The van der Waals surface area contributed by atoms with E-state index in [-0.39, 0.29) is 5.91 Å². The third kappa shape index (κ3) is 3.74. The van der Waals surface area contributed by atoms with Gasteiger partial charge in [0, 0.05) is 12.7 Å². The van der Waals surface area contributed by atoms with Gasteiger partial charge in [0.1, 0.15) is 5.69 Å². The molecule has 0 unspecified atom stereocenters. The molecule has 1 aromatic rings. The number of rotatable bonds is 3. The molecule has 5 heteroatoms. The van der Waals surface area contributed by atoms with E-state index >= 15 is 0 Å². The molecule has 0 spiro atoms. The number of carbonyl (C=O) groups is 1. The minimum absolute atomic E-state index is 0.231. The number of aliphatic hydroxyl groups is 1. The number of amides is 1. The fourth-order valence-corrected chi connectivity index (χ4v) is 2.57. The van der Waals surface area contributed by atoms with Crippen molar-refractivity contribution in [3.8, 4) is 0 Å². The van der Waals surface area contributed by atoms with Crippen molar-refractivity contribution >= 4 is 17.5 Å². The molecular formula is C14H21ClN2O2. The fourth-order valence-electron chi connectivity index (χ4n) is 2.41. The molecule has 1 amide bonds. The van der Waals surface area contributed by atoms with Gasteiger partial charge in [0.25, 0.3) is 5.91 Å². The van der Waals surface area contributed by atoms with Gasteiger partial charge in [-0.15, -0.1) is 0 Å². The van der Waals surface area contributed by atoms with Crippen LogP contribution < -0.4 is 5.32 Å². The Bertz CT molecular complexity index is 458. The number of hydrogen-bond acceptors (Lipinski definition) is 2. The van der Waals surface area contributed by atoms with E-state index in [1.807, 2.05) is 0 Å². The second-order valence-corrected chi connectivity index (χ2v) is 6.74. The standard InChI is InChI=1S/C14H21ClN2O2/c1-13(2)3-5-14(19,6-4-13)9-17-12(18)11-7-10(15)8-16-11/h7-8,16,19H,3-6,9H2,1-2H3,(H,17,18). The average Bonchev–Trinajstić information content (AvgIpc) is 2.78. The highest BCUT2D eigenvalue weighted by Crippen LogP contribution is 2.39. The molecule has 0 bridgehead atoms. The normalized spacial score (nSPS) is 21.1. The maximum Gasteiger partial charge on any atom is 0.267 e. The van der Waals surface area contributed by atoms with E-state index in [0.29, 0.717) is 22.7 Å². The average molecular weight is 285 g/mol. The third-order valence-corrected chi connectivity index (χ3v) is 4.22. The Morgan fingerprint density at radius 2 is 2.05 bits per heavy atom. The second kappa shape index (κ2) is 5.17. The van der Waals surface area contributed by atoms with E-state index in [2.05, 4.69) is 24.1 Å². The van der Waals surface area contributed by atoms with Crippen molar-refractivity contribution in [3.63, 3.8) is 0 Å². The van der Waals surface area contributed by atoms with E-state index in [9.17, 15) is 9.90 Å². The molecule has 1 aliphatic carbocycles. The highest BCUT2D eigenvalue weighted by atomic mass is 35.5. The monoisotopic (exact) mass is 284 g/mol. The van der Waals surface area contributed by atoms with Gasteiger partial charge in [-0.2, -0.15) is 0 Å². The molecule has 0 saturated heterocycles. The van der Waals surface area contributed by atoms with E-state index in [1.165, 1.54) is 0 Å². The van der Waals surface area contributed by atoms with Crippen LogP contribution in [0.5, 0.6) is 0 Å². The topological polar surface area (TPSA) is 65.1 Å². The zero-order chi connectivity index (χ0) is 14.1. The smallest absolute Gasteiger partial charge is 0.267 e. The molecule has 3 N–H and O–H groups in total. The summed E-state index contributed by atoms with van der Waals surface area (Å²) in [7, 11) is 0. The molecule has 1 aliphatic rings. The molecule has 19 heavy (non-hydrogen) atoms. The molecule has 1 heterocycles. The molecule has 0 aromatic carbocycles. The molecule has 1 fully saturated rings. The number of carbonyl (C=O) groups excluding carboxylic acids is 1. The summed E-state index contributed by atoms with van der Waals surface area (Å²) in [5.74, 6) is -0.231. The minimum Gasteiger partial charge on any atom is -0.388 e. The number of H-pyrrole nitrogens is 1. The fraction of sp³-hybridized carbons (Fsp3) is 0.643. The van der Waals surface area contributed by atoms with Crippen molar-refractivity contribution in [2.75, 3.05) is 6.54 Å². The Kier molecular flexibility index (Phi) is 3.92. The summed E-state index contributed by atoms with van der Waals surface area (Å²) < 4.78 is 0. The Morgan fingerprint density at radius 3 is 2.58 bits per heavy atom. The van der Waals surface area contributed by atoms with Crippen LogP contribution >= 0.6 is 11.6 Å². The van der Waals surface area contributed by atoms with Crippen LogP contribution in [0.15, 0.2) is 12.3 Å². The zero-order valence-corrected chi connectivity index (χ0v) is 12.2. The molecule has 1 aromatic heterocycles. The van der Waals surface area contributed by atoms with Crippen molar-refractivity contribution < 1.29 is 9.90 Å². The van der Waals surface area contributed by atoms with Crippen LogP contribution in [0.3, 0.4) is 0 Å². The maximum absolute atomic E-state index is 11.9. The van der Waals surface area contributed by atoms with Crippen molar-refractivity contribution in [3.05, 3.63) is 23.0 Å². The molecule has 1 saturated carbocycles. The van der Waals surface area contributed by atoms with Gasteiger partial charge in [-0.25, -0.2) is 0 Å². The molecular weight excluding hydrogens is 264 g/mol. The zero-order valence-electron chi connectivity index (χ0n) is 11.4. The SMILES string of the molecule is CC1(C)CCC(O)(CNC(=O)c2cc(Cl)c[nH]2)CC1. The summed E-state index contributed by atoms with van der Waals surface area (Å²) in [5, 5.41) is 13.7. The Morgan fingerprint density at radius 1 is 1.42 bits per heavy atom. The molecule has 0 atom stereocenters. The summed E-state index contributed by atoms with van der Waals surface area (Å²) in [5.41, 5.74) is -0.0603. The lowest BCUT2D eigenvalue weighted by Gasteiger charge is -2.40. The Balaban J connectivity index is 1.87. The van der Waals surface area contributed by atoms with E-state index in [0.717, 1.165) is 25.7 Å². The largest absolute Gasteiger partial charge is 0.388 e. The van der Waals surface area contributed by atoms with Gasteiger partial charge in [0.05, 0.1) is 10.6 Å². The number of aromatic amines is 1. The van der Waals surface area contributed by atoms with Crippen molar-refractivity contribution in [2.45, 2.75) is 45.1 Å². The van der Waals surface area contributed by atoms with Crippen LogP contribution in [0.2, 0.25) is 5.02 Å². The quantitative estimate of drug-likeness (QED) is 0.799. The van der Waals surface area contributed by atoms with Gasteiger partial charge in [-0.3, -0.25) is 4.79 Å². The summed E-state index contributed by atoms with van der Waals surface area (Å²) in [6, 6.07) is 1.57. The van der Waals surface area contributed by atoms with E-state index < -0.39 is 5.60 Å². The van der Waals surface area contributed by atoms with Crippen LogP contribution in [-0.4, -0.2) is 28.1 Å². The third-order valence-electron chi connectivity index (χ3n) is 4.00. The lowest BCUT2D eigenvalue weighted by atomic mass is 9.71. The predicted molar refractivity (Wildman–Crippen MR) is 75.3 cm³/mol. The molecule has 106 valence electrons. The van der Waals surface area contributed by atoms with Gasteiger partial charge >= 0.3 is 0 Å². The summed E-state index contributed by atoms with van der Waals surface area (Å²) in [6.07, 6.45) is 4.98. The first-order valence-corrected chi connectivity index (χ1v) is 7.02. The summed E-state index contributed by atoms with van der Waals surface area (Å²) in [4.78, 5) is 14.7. The lowest BCUT2D eigenvalue weighted by molar-refractivity contribution is -0.0233. The molecule has 0 aliphatic heterocycles. The highest BCUT2D eigenvalue weighted by molar-refractivity contribution is 6.30. The van der Waals surface area contributed by atoms with Crippen LogP contribution in [0.25, 0.3) is 0 Å². The summed E-state index contributed by atoms with van der Waals surface area (Å²) in [6.45, 7) is 4.72. The van der Waals surface area contributed by atoms with Gasteiger partial charge in [-0.1, -0.05) is 25.4 Å². The van der Waals surface area contributed by atoms with Crippen LogP contribution in [0, 0.1) is 5.41 Å². The molecule has 2 rings (SSSR count). The van der Waals surface area contributed by atoms with Crippen LogP contribution in [-0.2, 0) is 0 Å². The van der Waals surface area contributed by atoms with Crippen LogP contribution in [0.4, 0.5) is 0 Å². The van der Waals surface area contributed by atoms with Gasteiger partial charge in [-0.05, 0) is 37.2 Å². The number of hydrogen-bond donors (Lipinski definition) is 3. The van der Waals surface area contributed by atoms with E-state index in [1.54, 1.807) is 12.3 Å². The maximum atomic E-state index is 11.9. The molecule has 4 nitrogen and oxygen atoms in total. The number of halogens is 1. The van der Waals surface area contributed by atoms with Crippen molar-refractivity contribution in [1.82, 2.24) is 10.3 Å². The lowest BCUT2D eigenvalue weighted by Crippen LogP contribution is -2.46. The van der Waals surface area contributed by atoms with E-state index in [4.69, 9.17) is 11.6 Å². The number of aromatic nitrogens is 1. The Hall–Kier alpha value is -1.00. The number of nitrogens with one attached hydrogen (secondary N) is 2.